The zero-order valence-electron chi connectivity index (χ0n) is 15.9. The number of carbonyl (C=O) groups is 3. The van der Waals surface area contributed by atoms with E-state index in [-0.39, 0.29) is 16.3 Å². The molecule has 0 aliphatic carbocycles. The molecule has 3 amide bonds. The van der Waals surface area contributed by atoms with Gasteiger partial charge in [0.25, 0.3) is 5.91 Å². The second kappa shape index (κ2) is 7.48. The molecule has 0 radical (unpaired) electrons. The summed E-state index contributed by atoms with van der Waals surface area (Å²) in [4.78, 5) is 39.9. The lowest BCUT2D eigenvalue weighted by molar-refractivity contribution is -0.139. The molecule has 0 saturated carbocycles. The number of aliphatic hydroxyl groups is 2. The van der Waals surface area contributed by atoms with Gasteiger partial charge in [0, 0.05) is 18.5 Å². The van der Waals surface area contributed by atoms with Crippen molar-refractivity contribution in [1.82, 2.24) is 9.21 Å². The molecule has 0 spiro atoms. The van der Waals surface area contributed by atoms with Gasteiger partial charge in [-0.25, -0.2) is 13.2 Å². The Morgan fingerprint density at radius 2 is 1.90 bits per heavy atom. The number of urea groups is 1. The van der Waals surface area contributed by atoms with Crippen LogP contribution in [0.4, 0.5) is 4.79 Å². The molecule has 0 bridgehead atoms. The normalized spacial score (nSPS) is 30.7. The molecule has 10 nitrogen and oxygen atoms in total. The summed E-state index contributed by atoms with van der Waals surface area (Å²) in [5.41, 5.74) is -1.70. The van der Waals surface area contributed by atoms with Gasteiger partial charge in [-0.2, -0.15) is 4.31 Å². The van der Waals surface area contributed by atoms with Gasteiger partial charge in [0.1, 0.15) is 17.7 Å². The van der Waals surface area contributed by atoms with Gasteiger partial charge in [0.05, 0.1) is 19.0 Å². The standard InChI is InChI=1S/C18H22N2O8S/c1-18(15(23)11-6-4-3-5-7-11)10-19(14-8-12(22)13(9-21)28-14)17(25)20(16(18)24)29(2,26)27/h3-7,12-14,21-22H,8-10H2,1-2H3/t12-,13+,14+,18?/m0/s1. The van der Waals surface area contributed by atoms with E-state index in [1.807, 2.05) is 0 Å². The van der Waals surface area contributed by atoms with Gasteiger partial charge in [0.15, 0.2) is 5.78 Å². The molecule has 2 heterocycles. The Kier molecular flexibility index (Phi) is 5.52. The van der Waals surface area contributed by atoms with Crippen LogP contribution in [0.3, 0.4) is 0 Å². The Morgan fingerprint density at radius 1 is 1.28 bits per heavy atom. The summed E-state index contributed by atoms with van der Waals surface area (Å²) in [7, 11) is -4.33. The number of imide groups is 1. The van der Waals surface area contributed by atoms with Crippen molar-refractivity contribution in [2.75, 3.05) is 19.4 Å². The Morgan fingerprint density at radius 3 is 2.41 bits per heavy atom. The number of sulfonamides is 1. The zero-order valence-corrected chi connectivity index (χ0v) is 16.7. The van der Waals surface area contributed by atoms with E-state index in [9.17, 15) is 33.0 Å². The number of benzene rings is 1. The molecule has 1 aromatic carbocycles. The maximum Gasteiger partial charge on any atom is 0.342 e. The highest BCUT2D eigenvalue weighted by Crippen LogP contribution is 2.36. The van der Waals surface area contributed by atoms with Gasteiger partial charge >= 0.3 is 6.03 Å². The number of rotatable bonds is 5. The molecule has 0 aromatic heterocycles. The van der Waals surface area contributed by atoms with E-state index >= 15 is 0 Å². The quantitative estimate of drug-likeness (QED) is 0.477. The van der Waals surface area contributed by atoms with Crippen LogP contribution >= 0.6 is 0 Å². The summed E-state index contributed by atoms with van der Waals surface area (Å²) in [6.07, 6.45) is -2.56. The number of hydrogen-bond acceptors (Lipinski definition) is 8. The molecule has 2 aliphatic rings. The van der Waals surface area contributed by atoms with Crippen LogP contribution in [0.2, 0.25) is 0 Å². The molecular formula is C18H22N2O8S. The average Bonchev–Trinajstić information content (AvgIpc) is 3.04. The number of aliphatic hydroxyl groups excluding tert-OH is 2. The van der Waals surface area contributed by atoms with Crippen molar-refractivity contribution in [3.05, 3.63) is 35.9 Å². The Balaban J connectivity index is 2.04. The minimum Gasteiger partial charge on any atom is -0.394 e. The third kappa shape index (κ3) is 3.66. The second-order valence-corrected chi connectivity index (χ2v) is 9.22. The van der Waals surface area contributed by atoms with Crippen LogP contribution in [0, 0.1) is 5.41 Å². The predicted molar refractivity (Wildman–Crippen MR) is 99.0 cm³/mol. The van der Waals surface area contributed by atoms with Gasteiger partial charge in [-0.05, 0) is 6.92 Å². The molecule has 158 valence electrons. The molecular weight excluding hydrogens is 404 g/mol. The number of ketones is 1. The Labute approximate surface area is 167 Å². The van der Waals surface area contributed by atoms with Crippen LogP contribution in [-0.4, -0.2) is 83.4 Å². The van der Waals surface area contributed by atoms with Crippen molar-refractivity contribution in [2.24, 2.45) is 5.41 Å². The van der Waals surface area contributed by atoms with Gasteiger partial charge in [-0.3, -0.25) is 14.5 Å². The Hall–Kier alpha value is -2.34. The van der Waals surface area contributed by atoms with Crippen LogP contribution < -0.4 is 0 Å². The molecule has 2 fully saturated rings. The number of amides is 3. The van der Waals surface area contributed by atoms with Crippen molar-refractivity contribution in [1.29, 1.82) is 0 Å². The summed E-state index contributed by atoms with van der Waals surface area (Å²) in [5, 5.41) is 19.3. The first-order chi connectivity index (χ1) is 13.5. The first-order valence-electron chi connectivity index (χ1n) is 8.90. The lowest BCUT2D eigenvalue weighted by Crippen LogP contribution is -2.66. The van der Waals surface area contributed by atoms with Crippen molar-refractivity contribution in [3.63, 3.8) is 0 Å². The fourth-order valence-corrected chi connectivity index (χ4v) is 4.46. The van der Waals surface area contributed by atoms with Crippen molar-refractivity contribution >= 4 is 27.7 Å². The highest BCUT2D eigenvalue weighted by Gasteiger charge is 2.57. The number of hydrogen-bond donors (Lipinski definition) is 2. The zero-order chi connectivity index (χ0) is 21.6. The third-order valence-electron chi connectivity index (χ3n) is 5.16. The summed E-state index contributed by atoms with van der Waals surface area (Å²) in [6.45, 7) is 0.339. The summed E-state index contributed by atoms with van der Waals surface area (Å²) in [5.74, 6) is -1.79. The monoisotopic (exact) mass is 426 g/mol. The second-order valence-electron chi connectivity index (χ2n) is 7.39. The largest absolute Gasteiger partial charge is 0.394 e. The summed E-state index contributed by atoms with van der Waals surface area (Å²) in [6, 6.07) is 6.70. The molecule has 4 atom stereocenters. The van der Waals surface area contributed by atoms with Gasteiger partial charge in [-0.1, -0.05) is 30.3 Å². The summed E-state index contributed by atoms with van der Waals surface area (Å²) < 4.78 is 30.0. The van der Waals surface area contributed by atoms with E-state index in [4.69, 9.17) is 4.74 Å². The molecule has 2 N–H and O–H groups in total. The molecule has 2 saturated heterocycles. The van der Waals surface area contributed by atoms with E-state index in [1.54, 1.807) is 18.2 Å². The lowest BCUT2D eigenvalue weighted by atomic mass is 9.79. The van der Waals surface area contributed by atoms with Crippen molar-refractivity contribution in [2.45, 2.75) is 31.8 Å². The first kappa shape index (κ1) is 21.4. The summed E-state index contributed by atoms with van der Waals surface area (Å²) >= 11 is 0. The minimum atomic E-state index is -4.33. The molecule has 2 aliphatic heterocycles. The van der Waals surface area contributed by atoms with Crippen LogP contribution in [0.1, 0.15) is 23.7 Å². The topological polar surface area (TPSA) is 142 Å². The van der Waals surface area contributed by atoms with Crippen LogP contribution in [0.5, 0.6) is 0 Å². The molecule has 1 aromatic rings. The van der Waals surface area contributed by atoms with E-state index in [0.717, 1.165) is 4.90 Å². The van der Waals surface area contributed by atoms with E-state index in [2.05, 4.69) is 0 Å². The van der Waals surface area contributed by atoms with Crippen LogP contribution in [0.25, 0.3) is 0 Å². The SMILES string of the molecule is CC1(C(=O)c2ccccc2)CN([C@H]2C[C@H](O)[C@@H](CO)O2)C(=O)N(S(C)(=O)=O)C1=O. The Bertz CT molecular complexity index is 934. The number of ether oxygens (including phenoxy) is 1. The maximum atomic E-state index is 13.1. The van der Waals surface area contributed by atoms with Crippen molar-refractivity contribution in [3.8, 4) is 0 Å². The van der Waals surface area contributed by atoms with Gasteiger partial charge in [-0.15, -0.1) is 0 Å². The highest BCUT2D eigenvalue weighted by atomic mass is 32.2. The fraction of sp³-hybridized carbons (Fsp3) is 0.500. The van der Waals surface area contributed by atoms with Gasteiger partial charge in [0.2, 0.25) is 10.0 Å². The number of Topliss-reactive ketones (excluding diaryl/α,β-unsaturated/α-hetero) is 1. The average molecular weight is 426 g/mol. The third-order valence-corrected chi connectivity index (χ3v) is 6.15. The van der Waals surface area contributed by atoms with E-state index in [0.29, 0.717) is 6.26 Å². The minimum absolute atomic E-state index is 0.0688. The highest BCUT2D eigenvalue weighted by molar-refractivity contribution is 7.89. The first-order valence-corrected chi connectivity index (χ1v) is 10.7. The number of carbonyl (C=O) groups excluding carboxylic acids is 3. The smallest absolute Gasteiger partial charge is 0.342 e. The molecule has 1 unspecified atom stereocenters. The number of nitrogens with zero attached hydrogens (tertiary/aromatic N) is 2. The lowest BCUT2D eigenvalue weighted by Gasteiger charge is -2.44. The van der Waals surface area contributed by atoms with Crippen LogP contribution in [0.15, 0.2) is 30.3 Å². The molecule has 11 heteroatoms. The van der Waals surface area contributed by atoms with E-state index in [1.165, 1.54) is 19.1 Å². The molecule has 29 heavy (non-hydrogen) atoms. The fourth-order valence-electron chi connectivity index (χ4n) is 3.57. The van der Waals surface area contributed by atoms with E-state index < -0.39 is 64.7 Å². The van der Waals surface area contributed by atoms with Gasteiger partial charge < -0.3 is 14.9 Å². The maximum absolute atomic E-state index is 13.1. The molecule has 3 rings (SSSR count). The predicted octanol–water partition coefficient (Wildman–Crippen LogP) is -0.432. The van der Waals surface area contributed by atoms with Crippen LogP contribution in [-0.2, 0) is 19.6 Å². The van der Waals surface area contributed by atoms with Crippen molar-refractivity contribution < 1.29 is 37.8 Å².